The van der Waals surface area contributed by atoms with Crippen LogP contribution in [0.5, 0.6) is 0 Å². The van der Waals surface area contributed by atoms with E-state index in [1.807, 2.05) is 14.1 Å². The van der Waals surface area contributed by atoms with Crippen LogP contribution in [0.1, 0.15) is 31.1 Å². The molecule has 4 nitrogen and oxygen atoms in total. The Morgan fingerprint density at radius 3 is 2.35 bits per heavy atom. The highest BCUT2D eigenvalue weighted by molar-refractivity contribution is 5.95. The molecule has 112 valence electrons. The number of rotatable bonds is 5. The van der Waals surface area contributed by atoms with Crippen molar-refractivity contribution in [2.24, 2.45) is 0 Å². The fraction of sp³-hybridized carbons (Fsp3) is 0.533. The van der Waals surface area contributed by atoms with Crippen LogP contribution in [0.3, 0.4) is 0 Å². The summed E-state index contributed by atoms with van der Waals surface area (Å²) in [5.74, 6) is -0.951. The van der Waals surface area contributed by atoms with Gasteiger partial charge in [0.25, 0.3) is 5.91 Å². The van der Waals surface area contributed by atoms with Crippen LogP contribution >= 0.6 is 0 Å². The third-order valence-electron chi connectivity index (χ3n) is 2.95. The smallest absolute Gasteiger partial charge is 0.256 e. The lowest BCUT2D eigenvalue weighted by Crippen LogP contribution is -2.42. The number of hydrogen-bond donors (Lipinski definition) is 1. The van der Waals surface area contributed by atoms with Crippen LogP contribution in [-0.2, 0) is 0 Å². The number of nitrogens with zero attached hydrogens (tertiary/aromatic N) is 2. The molecule has 0 radical (unpaired) electrons. The molecule has 1 aromatic rings. The Hall–Kier alpha value is -1.62. The number of carbonyl (C=O) groups excluding carboxylic acids is 1. The molecule has 0 saturated carbocycles. The van der Waals surface area contributed by atoms with Gasteiger partial charge in [-0.1, -0.05) is 0 Å². The van der Waals surface area contributed by atoms with Crippen LogP contribution in [0.2, 0.25) is 0 Å². The Labute approximate surface area is 119 Å². The number of aliphatic hydroxyl groups is 1. The van der Waals surface area contributed by atoms with Gasteiger partial charge in [0.15, 0.2) is 0 Å². The monoisotopic (exact) mass is 282 g/mol. The summed E-state index contributed by atoms with van der Waals surface area (Å²) < 4.78 is 14.1. The van der Waals surface area contributed by atoms with Crippen LogP contribution in [0.4, 0.5) is 10.1 Å². The van der Waals surface area contributed by atoms with Crippen LogP contribution in [0, 0.1) is 5.82 Å². The number of halogens is 1. The third kappa shape index (κ3) is 4.20. The normalized spacial score (nSPS) is 11.3. The molecule has 0 spiro atoms. The van der Waals surface area contributed by atoms with Gasteiger partial charge < -0.3 is 14.9 Å². The topological polar surface area (TPSA) is 43.8 Å². The number of hydrogen-bond acceptors (Lipinski definition) is 3. The molecular weight excluding hydrogens is 259 g/mol. The molecule has 1 aromatic carbocycles. The summed E-state index contributed by atoms with van der Waals surface area (Å²) in [5, 5.41) is 9.81. The van der Waals surface area contributed by atoms with Crippen molar-refractivity contribution >= 4 is 11.6 Å². The molecule has 1 amide bonds. The van der Waals surface area contributed by atoms with E-state index in [2.05, 4.69) is 0 Å². The molecule has 0 saturated heterocycles. The van der Waals surface area contributed by atoms with E-state index in [0.29, 0.717) is 12.2 Å². The summed E-state index contributed by atoms with van der Waals surface area (Å²) in [5.41, 5.74) is -0.280. The molecule has 0 atom stereocenters. The molecule has 1 N–H and O–H groups in total. The number of amides is 1. The Morgan fingerprint density at radius 2 is 1.95 bits per heavy atom. The summed E-state index contributed by atoms with van der Waals surface area (Å²) in [6.07, 6.45) is 0. The van der Waals surface area contributed by atoms with Crippen molar-refractivity contribution in [3.63, 3.8) is 0 Å². The standard InChI is InChI=1S/C15H23FN2O2/c1-6-18(10-15(2,3)20)14(19)12-8-7-11(17(4)5)9-13(12)16/h7-9,20H,6,10H2,1-5H3. The van der Waals surface area contributed by atoms with Gasteiger partial charge in [-0.15, -0.1) is 0 Å². The van der Waals surface area contributed by atoms with E-state index in [-0.39, 0.29) is 12.1 Å². The van der Waals surface area contributed by atoms with Crippen molar-refractivity contribution < 1.29 is 14.3 Å². The van der Waals surface area contributed by atoms with E-state index in [4.69, 9.17) is 0 Å². The van der Waals surface area contributed by atoms with Crippen molar-refractivity contribution in [3.05, 3.63) is 29.6 Å². The highest BCUT2D eigenvalue weighted by atomic mass is 19.1. The molecule has 0 aliphatic heterocycles. The fourth-order valence-electron chi connectivity index (χ4n) is 1.92. The minimum atomic E-state index is -1.01. The molecule has 0 bridgehead atoms. The molecule has 20 heavy (non-hydrogen) atoms. The predicted molar refractivity (Wildman–Crippen MR) is 78.6 cm³/mol. The molecule has 0 aliphatic carbocycles. The second-order valence-corrected chi connectivity index (χ2v) is 5.69. The first-order valence-electron chi connectivity index (χ1n) is 6.64. The van der Waals surface area contributed by atoms with Crippen LogP contribution in [0.15, 0.2) is 18.2 Å². The summed E-state index contributed by atoms with van der Waals surface area (Å²) in [6.45, 7) is 5.62. The van der Waals surface area contributed by atoms with Gasteiger partial charge in [-0.2, -0.15) is 0 Å². The minimum absolute atomic E-state index is 0.0294. The van der Waals surface area contributed by atoms with Crippen LogP contribution in [0.25, 0.3) is 0 Å². The van der Waals surface area contributed by atoms with Crippen molar-refractivity contribution in [1.29, 1.82) is 0 Å². The molecule has 1 rings (SSSR count). The second kappa shape index (κ2) is 6.22. The first-order chi connectivity index (χ1) is 9.15. The molecule has 0 aliphatic rings. The maximum Gasteiger partial charge on any atom is 0.256 e. The molecular formula is C15H23FN2O2. The van der Waals surface area contributed by atoms with Crippen LogP contribution < -0.4 is 4.90 Å². The Morgan fingerprint density at radius 1 is 1.35 bits per heavy atom. The number of anilines is 1. The molecule has 5 heteroatoms. The zero-order valence-corrected chi connectivity index (χ0v) is 12.8. The Balaban J connectivity index is 3.01. The average Bonchev–Trinajstić information content (AvgIpc) is 2.33. The van der Waals surface area contributed by atoms with Gasteiger partial charge in [-0.25, -0.2) is 4.39 Å². The van der Waals surface area contributed by atoms with Crippen molar-refractivity contribution in [1.82, 2.24) is 4.90 Å². The lowest BCUT2D eigenvalue weighted by molar-refractivity contribution is 0.0312. The first-order valence-corrected chi connectivity index (χ1v) is 6.64. The van der Waals surface area contributed by atoms with E-state index in [0.717, 1.165) is 0 Å². The quantitative estimate of drug-likeness (QED) is 0.899. The summed E-state index contributed by atoms with van der Waals surface area (Å²) >= 11 is 0. The maximum absolute atomic E-state index is 14.1. The Bertz CT molecular complexity index is 481. The van der Waals surface area contributed by atoms with E-state index in [1.54, 1.807) is 31.7 Å². The van der Waals surface area contributed by atoms with Gasteiger partial charge in [0.2, 0.25) is 0 Å². The fourth-order valence-corrected chi connectivity index (χ4v) is 1.92. The maximum atomic E-state index is 14.1. The SMILES string of the molecule is CCN(CC(C)(C)O)C(=O)c1ccc(N(C)C)cc1F. The Kier molecular flexibility index (Phi) is 5.11. The average molecular weight is 282 g/mol. The highest BCUT2D eigenvalue weighted by Crippen LogP contribution is 2.19. The lowest BCUT2D eigenvalue weighted by Gasteiger charge is -2.28. The summed E-state index contributed by atoms with van der Waals surface area (Å²) in [7, 11) is 3.62. The van der Waals surface area contributed by atoms with Crippen molar-refractivity contribution in [2.45, 2.75) is 26.4 Å². The van der Waals surface area contributed by atoms with Gasteiger partial charge >= 0.3 is 0 Å². The first kappa shape index (κ1) is 16.4. The van der Waals surface area contributed by atoms with Crippen LogP contribution in [-0.4, -0.2) is 48.7 Å². The summed E-state index contributed by atoms with van der Waals surface area (Å²) in [4.78, 5) is 15.5. The molecule has 0 aromatic heterocycles. The highest BCUT2D eigenvalue weighted by Gasteiger charge is 2.24. The lowest BCUT2D eigenvalue weighted by atomic mass is 10.1. The largest absolute Gasteiger partial charge is 0.389 e. The number of benzene rings is 1. The van der Waals surface area contributed by atoms with E-state index >= 15 is 0 Å². The minimum Gasteiger partial charge on any atom is -0.389 e. The molecule has 0 heterocycles. The van der Waals surface area contributed by atoms with E-state index in [1.165, 1.54) is 17.0 Å². The predicted octanol–water partition coefficient (Wildman–Crippen LogP) is 2.12. The van der Waals surface area contributed by atoms with Crippen molar-refractivity contribution in [3.8, 4) is 0 Å². The van der Waals surface area contributed by atoms with E-state index in [9.17, 15) is 14.3 Å². The van der Waals surface area contributed by atoms with Gasteiger partial charge in [0.05, 0.1) is 11.2 Å². The number of likely N-dealkylation sites (N-methyl/N-ethyl adjacent to an activating group) is 1. The zero-order valence-electron chi connectivity index (χ0n) is 12.8. The van der Waals surface area contributed by atoms with Gasteiger partial charge in [0.1, 0.15) is 5.82 Å². The molecule has 0 unspecified atom stereocenters. The zero-order chi connectivity index (χ0) is 15.5. The van der Waals surface area contributed by atoms with Crippen molar-refractivity contribution in [2.75, 3.05) is 32.1 Å². The van der Waals surface area contributed by atoms with Gasteiger partial charge in [-0.05, 0) is 39.0 Å². The van der Waals surface area contributed by atoms with Gasteiger partial charge in [-0.3, -0.25) is 4.79 Å². The second-order valence-electron chi connectivity index (χ2n) is 5.69. The third-order valence-corrected chi connectivity index (χ3v) is 2.95. The van der Waals surface area contributed by atoms with E-state index < -0.39 is 17.3 Å². The summed E-state index contributed by atoms with van der Waals surface area (Å²) in [6, 6.07) is 4.53. The van der Waals surface area contributed by atoms with Gasteiger partial charge in [0, 0.05) is 32.9 Å². The molecule has 0 fully saturated rings. The number of carbonyl (C=O) groups is 1.